The topological polar surface area (TPSA) is 12.0 Å². The van der Waals surface area contributed by atoms with E-state index in [0.29, 0.717) is 11.5 Å². The summed E-state index contributed by atoms with van der Waals surface area (Å²) in [7, 11) is 0. The highest BCUT2D eigenvalue weighted by molar-refractivity contribution is 7.99. The van der Waals surface area contributed by atoms with Gasteiger partial charge in [0.2, 0.25) is 0 Å². The smallest absolute Gasteiger partial charge is 0.127 e. The van der Waals surface area contributed by atoms with Gasteiger partial charge in [0.25, 0.3) is 0 Å². The highest BCUT2D eigenvalue weighted by Crippen LogP contribution is 2.34. The minimum atomic E-state index is -0.111. The molecule has 100 valence electrons. The SMILES string of the molecule is CC(NC1CSCC(C)(C)C1)c1ccccc1F. The molecule has 1 aliphatic rings. The third-order valence-electron chi connectivity index (χ3n) is 3.47. The quantitative estimate of drug-likeness (QED) is 0.888. The Kier molecular flexibility index (Phi) is 4.33. The molecule has 1 saturated heterocycles. The van der Waals surface area contributed by atoms with Crippen molar-refractivity contribution in [3.05, 3.63) is 35.6 Å². The Hall–Kier alpha value is -0.540. The first kappa shape index (κ1) is 13.9. The number of hydrogen-bond acceptors (Lipinski definition) is 2. The highest BCUT2D eigenvalue weighted by atomic mass is 32.2. The van der Waals surface area contributed by atoms with Gasteiger partial charge in [0.05, 0.1) is 0 Å². The lowest BCUT2D eigenvalue weighted by atomic mass is 9.87. The average Bonchev–Trinajstić information content (AvgIpc) is 2.28. The first-order valence-corrected chi connectivity index (χ1v) is 7.72. The second-order valence-corrected chi connectivity index (χ2v) is 7.02. The summed E-state index contributed by atoms with van der Waals surface area (Å²) in [6.07, 6.45) is 1.17. The van der Waals surface area contributed by atoms with Crippen LogP contribution in [0.5, 0.6) is 0 Å². The summed E-state index contributed by atoms with van der Waals surface area (Å²) in [5, 5.41) is 3.57. The molecule has 1 aromatic rings. The maximum atomic E-state index is 13.7. The fraction of sp³-hybridized carbons (Fsp3) is 0.600. The van der Waals surface area contributed by atoms with Crippen molar-refractivity contribution in [2.45, 2.75) is 39.3 Å². The van der Waals surface area contributed by atoms with E-state index in [1.165, 1.54) is 18.2 Å². The lowest BCUT2D eigenvalue weighted by molar-refractivity contribution is 0.303. The van der Waals surface area contributed by atoms with Gasteiger partial charge < -0.3 is 5.32 Å². The first-order chi connectivity index (χ1) is 8.48. The van der Waals surface area contributed by atoms with Crippen molar-refractivity contribution in [1.82, 2.24) is 5.32 Å². The number of nitrogens with one attached hydrogen (secondary N) is 1. The summed E-state index contributed by atoms with van der Waals surface area (Å²) < 4.78 is 13.7. The zero-order valence-electron chi connectivity index (χ0n) is 11.4. The molecule has 0 saturated carbocycles. The van der Waals surface area contributed by atoms with Crippen LogP contribution < -0.4 is 5.32 Å². The van der Waals surface area contributed by atoms with Crippen molar-refractivity contribution >= 4 is 11.8 Å². The van der Waals surface area contributed by atoms with Gasteiger partial charge in [-0.25, -0.2) is 4.39 Å². The molecule has 1 nitrogen and oxygen atoms in total. The second kappa shape index (κ2) is 5.62. The van der Waals surface area contributed by atoms with Crippen LogP contribution in [0.2, 0.25) is 0 Å². The zero-order chi connectivity index (χ0) is 13.2. The van der Waals surface area contributed by atoms with Crippen molar-refractivity contribution in [2.24, 2.45) is 5.41 Å². The summed E-state index contributed by atoms with van der Waals surface area (Å²) in [4.78, 5) is 0. The number of benzene rings is 1. The van der Waals surface area contributed by atoms with E-state index < -0.39 is 0 Å². The maximum Gasteiger partial charge on any atom is 0.127 e. The van der Waals surface area contributed by atoms with Crippen molar-refractivity contribution in [1.29, 1.82) is 0 Å². The van der Waals surface area contributed by atoms with E-state index in [4.69, 9.17) is 0 Å². The largest absolute Gasteiger partial charge is 0.306 e. The molecule has 2 rings (SSSR count). The Morgan fingerprint density at radius 2 is 2.11 bits per heavy atom. The number of halogens is 1. The van der Waals surface area contributed by atoms with Crippen molar-refractivity contribution in [3.63, 3.8) is 0 Å². The molecule has 2 atom stereocenters. The summed E-state index contributed by atoms with van der Waals surface area (Å²) in [6.45, 7) is 6.66. The lowest BCUT2D eigenvalue weighted by Gasteiger charge is -2.36. The van der Waals surface area contributed by atoms with Gasteiger partial charge >= 0.3 is 0 Å². The van der Waals surface area contributed by atoms with E-state index in [1.54, 1.807) is 6.07 Å². The molecular weight excluding hydrogens is 245 g/mol. The van der Waals surface area contributed by atoms with E-state index in [0.717, 1.165) is 11.3 Å². The van der Waals surface area contributed by atoms with E-state index >= 15 is 0 Å². The van der Waals surface area contributed by atoms with Gasteiger partial charge in [-0.2, -0.15) is 11.8 Å². The standard InChI is InChI=1S/C15H22FNS/c1-11(13-6-4-5-7-14(13)16)17-12-8-15(2,3)10-18-9-12/h4-7,11-12,17H,8-10H2,1-3H3. The van der Waals surface area contributed by atoms with E-state index in [-0.39, 0.29) is 11.9 Å². The number of hydrogen-bond donors (Lipinski definition) is 1. The fourth-order valence-corrected chi connectivity index (χ4v) is 3.93. The molecule has 0 radical (unpaired) electrons. The van der Waals surface area contributed by atoms with Gasteiger partial charge in [-0.3, -0.25) is 0 Å². The van der Waals surface area contributed by atoms with Crippen molar-refractivity contribution in [3.8, 4) is 0 Å². The molecule has 1 N–H and O–H groups in total. The van der Waals surface area contributed by atoms with Crippen LogP contribution in [0.3, 0.4) is 0 Å². The Bertz CT molecular complexity index is 405. The molecule has 1 aliphatic heterocycles. The van der Waals surface area contributed by atoms with Gasteiger partial charge in [0.15, 0.2) is 0 Å². The molecule has 0 aromatic heterocycles. The molecule has 0 spiro atoms. The van der Waals surface area contributed by atoms with Crippen LogP contribution >= 0.6 is 11.8 Å². The zero-order valence-corrected chi connectivity index (χ0v) is 12.2. The fourth-order valence-electron chi connectivity index (χ4n) is 2.64. The van der Waals surface area contributed by atoms with Crippen LogP contribution in [0.15, 0.2) is 24.3 Å². The average molecular weight is 267 g/mol. The minimum absolute atomic E-state index is 0.0747. The number of rotatable bonds is 3. The summed E-state index contributed by atoms with van der Waals surface area (Å²) >= 11 is 2.00. The van der Waals surface area contributed by atoms with Crippen LogP contribution in [-0.4, -0.2) is 17.5 Å². The predicted octanol–water partition coefficient (Wildman–Crippen LogP) is 4.01. The van der Waals surface area contributed by atoms with E-state index in [1.807, 2.05) is 30.8 Å². The van der Waals surface area contributed by atoms with Crippen LogP contribution in [0.1, 0.15) is 38.8 Å². The summed E-state index contributed by atoms with van der Waals surface area (Å²) in [5.74, 6) is 2.24. The van der Waals surface area contributed by atoms with Gasteiger partial charge in [-0.05, 0) is 30.6 Å². The van der Waals surface area contributed by atoms with Crippen molar-refractivity contribution in [2.75, 3.05) is 11.5 Å². The van der Waals surface area contributed by atoms with Gasteiger partial charge in [0, 0.05) is 23.4 Å². The van der Waals surface area contributed by atoms with Crippen LogP contribution in [0.25, 0.3) is 0 Å². The Balaban J connectivity index is 1.99. The maximum absolute atomic E-state index is 13.7. The molecule has 0 amide bonds. The minimum Gasteiger partial charge on any atom is -0.306 e. The first-order valence-electron chi connectivity index (χ1n) is 6.56. The highest BCUT2D eigenvalue weighted by Gasteiger charge is 2.29. The lowest BCUT2D eigenvalue weighted by Crippen LogP contribution is -2.41. The molecule has 1 aromatic carbocycles. The second-order valence-electron chi connectivity index (χ2n) is 5.99. The van der Waals surface area contributed by atoms with Gasteiger partial charge in [0.1, 0.15) is 5.82 Å². The molecule has 18 heavy (non-hydrogen) atoms. The van der Waals surface area contributed by atoms with E-state index in [2.05, 4.69) is 19.2 Å². The third-order valence-corrected chi connectivity index (χ3v) is 5.09. The van der Waals surface area contributed by atoms with Crippen LogP contribution in [-0.2, 0) is 0 Å². The Morgan fingerprint density at radius 1 is 1.39 bits per heavy atom. The normalized spacial score (nSPS) is 24.8. The Morgan fingerprint density at radius 3 is 2.78 bits per heavy atom. The van der Waals surface area contributed by atoms with Gasteiger partial charge in [-0.1, -0.05) is 32.0 Å². The molecular formula is C15H22FNS. The van der Waals surface area contributed by atoms with E-state index in [9.17, 15) is 4.39 Å². The molecule has 1 fully saturated rings. The number of thioether (sulfide) groups is 1. The summed E-state index contributed by atoms with van der Waals surface area (Å²) in [6, 6.07) is 7.60. The molecule has 0 bridgehead atoms. The Labute approximate surface area is 114 Å². The molecule has 3 heteroatoms. The van der Waals surface area contributed by atoms with Crippen LogP contribution in [0.4, 0.5) is 4.39 Å². The molecule has 0 aliphatic carbocycles. The predicted molar refractivity (Wildman–Crippen MR) is 77.5 cm³/mol. The molecule has 2 unspecified atom stereocenters. The van der Waals surface area contributed by atoms with Crippen LogP contribution in [0, 0.1) is 11.2 Å². The third kappa shape index (κ3) is 3.48. The van der Waals surface area contributed by atoms with Crippen molar-refractivity contribution < 1.29 is 4.39 Å². The summed E-state index contributed by atoms with van der Waals surface area (Å²) in [5.41, 5.74) is 1.15. The molecule has 1 heterocycles. The monoisotopic (exact) mass is 267 g/mol. The van der Waals surface area contributed by atoms with Gasteiger partial charge in [-0.15, -0.1) is 0 Å².